The summed E-state index contributed by atoms with van der Waals surface area (Å²) >= 11 is 0. The maximum absolute atomic E-state index is 9.71. The highest BCUT2D eigenvalue weighted by molar-refractivity contribution is 5.65. The van der Waals surface area contributed by atoms with E-state index >= 15 is 0 Å². The fourth-order valence-corrected chi connectivity index (χ4v) is 3.59. The lowest BCUT2D eigenvalue weighted by Gasteiger charge is -2.35. The molecule has 2 heterocycles. The first-order chi connectivity index (χ1) is 14.1. The van der Waals surface area contributed by atoms with E-state index < -0.39 is 0 Å². The number of rotatable bonds is 5. The van der Waals surface area contributed by atoms with Gasteiger partial charge in [0.2, 0.25) is 11.6 Å². The Morgan fingerprint density at radius 2 is 1.69 bits per heavy atom. The third-order valence-electron chi connectivity index (χ3n) is 4.94. The number of anilines is 3. The van der Waals surface area contributed by atoms with Crippen LogP contribution in [0.25, 0.3) is 0 Å². The van der Waals surface area contributed by atoms with Gasteiger partial charge >= 0.3 is 0 Å². The molecular formula is C21H22N7O+. The van der Waals surface area contributed by atoms with Gasteiger partial charge in [0.25, 0.3) is 0 Å². The van der Waals surface area contributed by atoms with Gasteiger partial charge in [0, 0.05) is 18.7 Å². The molecule has 3 rings (SSSR count). The van der Waals surface area contributed by atoms with Crippen molar-refractivity contribution in [2.75, 3.05) is 48.3 Å². The van der Waals surface area contributed by atoms with Crippen LogP contribution in [0, 0.1) is 34.0 Å². The lowest BCUT2D eigenvalue weighted by atomic mass is 10.0. The number of para-hydroxylation sites is 2. The van der Waals surface area contributed by atoms with E-state index in [0.717, 1.165) is 24.5 Å². The predicted molar refractivity (Wildman–Crippen MR) is 108 cm³/mol. The third kappa shape index (κ3) is 3.85. The van der Waals surface area contributed by atoms with Crippen LogP contribution in [-0.4, -0.2) is 32.8 Å². The molecule has 0 saturated carbocycles. The summed E-state index contributed by atoms with van der Waals surface area (Å²) < 4.78 is 5.74. The van der Waals surface area contributed by atoms with Crippen LogP contribution in [-0.2, 0) is 6.42 Å². The number of nitriles is 3. The lowest BCUT2D eigenvalue weighted by Crippen LogP contribution is -2.49. The number of nitrogens with zero attached hydrogens (tertiary/aromatic N) is 5. The highest BCUT2D eigenvalue weighted by atomic mass is 16.5. The quantitative estimate of drug-likeness (QED) is 0.824. The van der Waals surface area contributed by atoms with Crippen LogP contribution in [0.5, 0.6) is 5.75 Å². The Morgan fingerprint density at radius 3 is 2.31 bits per heavy atom. The number of piperazine rings is 1. The maximum atomic E-state index is 9.71. The number of pyridine rings is 1. The second kappa shape index (κ2) is 8.82. The van der Waals surface area contributed by atoms with Gasteiger partial charge in [-0.1, -0.05) is 12.1 Å². The number of nitrogens with one attached hydrogen (secondary N) is 1. The summed E-state index contributed by atoms with van der Waals surface area (Å²) in [6.45, 7) is 5.34. The van der Waals surface area contributed by atoms with E-state index in [-0.39, 0.29) is 17.8 Å². The summed E-state index contributed by atoms with van der Waals surface area (Å²) in [5, 5.41) is 28.2. The molecule has 29 heavy (non-hydrogen) atoms. The SMILES string of the molecule is CCOc1ccccc1N1CCN(c2[nH+]c(N)c(C#N)c(CC#N)c2C#N)CC1. The van der Waals surface area contributed by atoms with Crippen molar-refractivity contribution < 1.29 is 9.72 Å². The van der Waals surface area contributed by atoms with Crippen LogP contribution in [0.3, 0.4) is 0 Å². The second-order valence-electron chi connectivity index (χ2n) is 6.55. The van der Waals surface area contributed by atoms with Gasteiger partial charge in [-0.25, -0.2) is 4.98 Å². The molecule has 0 aliphatic carbocycles. The van der Waals surface area contributed by atoms with Crippen LogP contribution in [0.15, 0.2) is 24.3 Å². The molecule has 3 N–H and O–H groups in total. The van der Waals surface area contributed by atoms with Crippen molar-refractivity contribution >= 4 is 17.3 Å². The average Bonchev–Trinajstić information content (AvgIpc) is 2.75. The van der Waals surface area contributed by atoms with Crippen molar-refractivity contribution in [1.82, 2.24) is 0 Å². The van der Waals surface area contributed by atoms with E-state index in [9.17, 15) is 10.5 Å². The summed E-state index contributed by atoms with van der Waals surface area (Å²) in [6, 6.07) is 14.1. The molecule has 1 aliphatic heterocycles. The first-order valence-electron chi connectivity index (χ1n) is 9.41. The zero-order valence-corrected chi connectivity index (χ0v) is 16.3. The number of hydrogen-bond donors (Lipinski definition) is 1. The molecule has 1 aromatic heterocycles. The van der Waals surface area contributed by atoms with Crippen LogP contribution >= 0.6 is 0 Å². The molecule has 0 atom stereocenters. The molecule has 0 spiro atoms. The zero-order chi connectivity index (χ0) is 20.8. The minimum atomic E-state index is -0.0423. The average molecular weight is 388 g/mol. The fraction of sp³-hybridized carbons (Fsp3) is 0.333. The molecule has 0 unspecified atom stereocenters. The monoisotopic (exact) mass is 388 g/mol. The van der Waals surface area contributed by atoms with Crippen molar-refractivity contribution in [2.24, 2.45) is 0 Å². The van der Waals surface area contributed by atoms with Crippen LogP contribution in [0.4, 0.5) is 17.3 Å². The summed E-state index contributed by atoms with van der Waals surface area (Å²) in [4.78, 5) is 7.29. The summed E-state index contributed by atoms with van der Waals surface area (Å²) in [6.07, 6.45) is -0.0423. The molecule has 2 aromatic rings. The van der Waals surface area contributed by atoms with Crippen molar-refractivity contribution in [3.05, 3.63) is 41.0 Å². The molecular weight excluding hydrogens is 366 g/mol. The number of ether oxygens (including phenoxy) is 1. The first-order valence-corrected chi connectivity index (χ1v) is 9.41. The summed E-state index contributed by atoms with van der Waals surface area (Å²) in [5.41, 5.74) is 7.91. The lowest BCUT2D eigenvalue weighted by molar-refractivity contribution is -0.347. The number of aromatic amines is 1. The van der Waals surface area contributed by atoms with Gasteiger partial charge < -0.3 is 15.4 Å². The minimum absolute atomic E-state index is 0.0423. The predicted octanol–water partition coefficient (Wildman–Crippen LogP) is 1.62. The Kier molecular flexibility index (Phi) is 6.02. The third-order valence-corrected chi connectivity index (χ3v) is 4.94. The van der Waals surface area contributed by atoms with Crippen LogP contribution in [0.1, 0.15) is 23.6 Å². The van der Waals surface area contributed by atoms with Gasteiger partial charge in [-0.2, -0.15) is 15.8 Å². The van der Waals surface area contributed by atoms with Crippen molar-refractivity contribution in [3.63, 3.8) is 0 Å². The minimum Gasteiger partial charge on any atom is -0.492 e. The number of nitrogen functional groups attached to an aromatic ring is 1. The van der Waals surface area contributed by atoms with Gasteiger partial charge in [0.1, 0.15) is 29.0 Å². The van der Waals surface area contributed by atoms with E-state index in [1.807, 2.05) is 48.2 Å². The molecule has 8 heteroatoms. The summed E-state index contributed by atoms with van der Waals surface area (Å²) in [5.74, 6) is 1.59. The molecule has 1 aromatic carbocycles. The molecule has 0 radical (unpaired) electrons. The number of nitrogens with two attached hydrogens (primary N) is 1. The molecule has 146 valence electrons. The Labute approximate surface area is 170 Å². The largest absolute Gasteiger partial charge is 0.492 e. The first kappa shape index (κ1) is 19.8. The molecule has 1 fully saturated rings. The van der Waals surface area contributed by atoms with Crippen molar-refractivity contribution in [3.8, 4) is 24.0 Å². The molecule has 0 bridgehead atoms. The van der Waals surface area contributed by atoms with E-state index in [0.29, 0.717) is 36.6 Å². The van der Waals surface area contributed by atoms with Crippen LogP contribution in [0.2, 0.25) is 0 Å². The van der Waals surface area contributed by atoms with E-state index in [2.05, 4.69) is 16.0 Å². The van der Waals surface area contributed by atoms with Crippen LogP contribution < -0.4 is 25.3 Å². The van der Waals surface area contributed by atoms with Gasteiger partial charge in [0.15, 0.2) is 0 Å². The number of H-pyrrole nitrogens is 1. The Balaban J connectivity index is 1.88. The van der Waals surface area contributed by atoms with Crippen molar-refractivity contribution in [2.45, 2.75) is 13.3 Å². The topological polar surface area (TPSA) is 127 Å². The Hall–Kier alpha value is -3.96. The summed E-state index contributed by atoms with van der Waals surface area (Å²) in [7, 11) is 0. The standard InChI is InChI=1S/C21H21N7O/c1-2-29-19-6-4-3-5-18(19)27-9-11-28(12-10-27)21-17(14-24)15(7-8-22)16(13-23)20(25)26-21/h3-6H,2,7,9-12H2,1H3,(H2,25,26)/p+1. The fourth-order valence-electron chi connectivity index (χ4n) is 3.59. The molecule has 1 saturated heterocycles. The van der Waals surface area contributed by atoms with E-state index in [4.69, 9.17) is 15.7 Å². The smallest absolute Gasteiger partial charge is 0.240 e. The van der Waals surface area contributed by atoms with Gasteiger partial charge in [-0.3, -0.25) is 4.90 Å². The van der Waals surface area contributed by atoms with E-state index in [1.165, 1.54) is 0 Å². The Bertz CT molecular complexity index is 1020. The highest BCUT2D eigenvalue weighted by Gasteiger charge is 2.29. The zero-order valence-electron chi connectivity index (χ0n) is 16.3. The van der Waals surface area contributed by atoms with Gasteiger partial charge in [-0.15, -0.1) is 0 Å². The van der Waals surface area contributed by atoms with Gasteiger partial charge in [0.05, 0.1) is 37.9 Å². The number of aromatic nitrogens is 1. The molecule has 0 amide bonds. The Morgan fingerprint density at radius 1 is 1.03 bits per heavy atom. The second-order valence-corrected chi connectivity index (χ2v) is 6.55. The molecule has 8 nitrogen and oxygen atoms in total. The maximum Gasteiger partial charge on any atom is 0.240 e. The normalized spacial score (nSPS) is 13.3. The number of benzene rings is 1. The highest BCUT2D eigenvalue weighted by Crippen LogP contribution is 2.30. The molecule has 1 aliphatic rings. The number of hydrogen-bond acceptors (Lipinski definition) is 7. The van der Waals surface area contributed by atoms with Crippen molar-refractivity contribution in [1.29, 1.82) is 15.8 Å². The van der Waals surface area contributed by atoms with E-state index in [1.54, 1.807) is 0 Å². The van der Waals surface area contributed by atoms with Gasteiger partial charge in [-0.05, 0) is 19.1 Å².